The van der Waals surface area contributed by atoms with Crippen molar-refractivity contribution in [3.05, 3.63) is 0 Å². The average Bonchev–Trinajstić information content (AvgIpc) is 2.93. The van der Waals surface area contributed by atoms with Crippen LogP contribution in [-0.2, 0) is 9.59 Å². The van der Waals surface area contributed by atoms with Crippen molar-refractivity contribution in [3.8, 4) is 0 Å². The molecule has 3 atom stereocenters. The average molecular weight is 229 g/mol. The highest BCUT2D eigenvalue weighted by molar-refractivity contribution is 5.89. The molecule has 0 aromatic carbocycles. The predicted octanol–water partition coefficient (Wildman–Crippen LogP) is 0.374. The molecule has 3 unspecified atom stereocenters. The molecule has 92 valence electrons. The van der Waals surface area contributed by atoms with E-state index >= 15 is 0 Å². The van der Waals surface area contributed by atoms with Crippen LogP contribution in [0.2, 0.25) is 0 Å². The highest BCUT2D eigenvalue weighted by atomic mass is 16.4. The van der Waals surface area contributed by atoms with Crippen LogP contribution in [0, 0.1) is 11.8 Å². The van der Waals surface area contributed by atoms with Crippen LogP contribution in [-0.4, -0.2) is 34.2 Å². The Hall–Kier alpha value is -1.10. The molecular formula is C11H19NO4. The molecule has 1 saturated carbocycles. The number of aliphatic carboxylic acids is 1. The summed E-state index contributed by atoms with van der Waals surface area (Å²) in [5, 5.41) is 21.1. The van der Waals surface area contributed by atoms with Crippen LogP contribution in [0.15, 0.2) is 0 Å². The molecular weight excluding hydrogens is 210 g/mol. The normalized spacial score (nSPS) is 26.9. The molecule has 1 fully saturated rings. The van der Waals surface area contributed by atoms with E-state index < -0.39 is 23.4 Å². The Balaban J connectivity index is 2.29. The smallest absolute Gasteiger partial charge is 0.307 e. The van der Waals surface area contributed by atoms with Gasteiger partial charge in [0.15, 0.2) is 0 Å². The largest absolute Gasteiger partial charge is 0.481 e. The van der Waals surface area contributed by atoms with Gasteiger partial charge in [-0.3, -0.25) is 9.59 Å². The third kappa shape index (κ3) is 3.48. The van der Waals surface area contributed by atoms with Gasteiger partial charge in [0.1, 0.15) is 0 Å². The summed E-state index contributed by atoms with van der Waals surface area (Å²) in [5.74, 6) is -2.12. The molecule has 0 heterocycles. The van der Waals surface area contributed by atoms with Crippen LogP contribution in [0.3, 0.4) is 0 Å². The van der Waals surface area contributed by atoms with E-state index in [-0.39, 0.29) is 12.5 Å². The molecule has 0 saturated heterocycles. The minimum atomic E-state index is -0.916. The van der Waals surface area contributed by atoms with Crippen molar-refractivity contribution in [3.63, 3.8) is 0 Å². The molecule has 1 rings (SSSR count). The number of carbonyl (C=O) groups is 2. The summed E-state index contributed by atoms with van der Waals surface area (Å²) in [6.07, 6.45) is 1.86. The van der Waals surface area contributed by atoms with Crippen molar-refractivity contribution in [2.24, 2.45) is 11.8 Å². The van der Waals surface area contributed by atoms with Crippen molar-refractivity contribution in [2.75, 3.05) is 6.54 Å². The fourth-order valence-corrected chi connectivity index (χ4v) is 1.79. The molecule has 1 aliphatic rings. The van der Waals surface area contributed by atoms with Crippen LogP contribution in [0.4, 0.5) is 0 Å². The molecule has 0 radical (unpaired) electrons. The van der Waals surface area contributed by atoms with Gasteiger partial charge in [0.25, 0.3) is 0 Å². The fourth-order valence-electron chi connectivity index (χ4n) is 1.79. The maximum atomic E-state index is 11.5. The summed E-state index contributed by atoms with van der Waals surface area (Å²) in [4.78, 5) is 22.0. The number of carbonyl (C=O) groups excluding carboxylic acids is 1. The lowest BCUT2D eigenvalue weighted by Crippen LogP contribution is -2.41. The van der Waals surface area contributed by atoms with Crippen molar-refractivity contribution in [2.45, 2.75) is 38.7 Å². The number of hydrogen-bond donors (Lipinski definition) is 3. The molecule has 3 N–H and O–H groups in total. The summed E-state index contributed by atoms with van der Waals surface area (Å²) in [6, 6.07) is 0. The summed E-state index contributed by atoms with van der Waals surface area (Å²) in [7, 11) is 0. The highest BCUT2D eigenvalue weighted by Gasteiger charge is 2.48. The van der Waals surface area contributed by atoms with Crippen molar-refractivity contribution in [1.82, 2.24) is 5.32 Å². The molecule has 5 nitrogen and oxygen atoms in total. The van der Waals surface area contributed by atoms with E-state index in [1.54, 1.807) is 6.92 Å². The monoisotopic (exact) mass is 229 g/mol. The predicted molar refractivity (Wildman–Crippen MR) is 57.8 cm³/mol. The van der Waals surface area contributed by atoms with E-state index in [2.05, 4.69) is 5.32 Å². The second kappa shape index (κ2) is 4.82. The molecule has 1 aliphatic carbocycles. The van der Waals surface area contributed by atoms with Gasteiger partial charge < -0.3 is 15.5 Å². The van der Waals surface area contributed by atoms with Gasteiger partial charge in [0.05, 0.1) is 17.4 Å². The van der Waals surface area contributed by atoms with Gasteiger partial charge in [0.2, 0.25) is 5.91 Å². The van der Waals surface area contributed by atoms with Gasteiger partial charge >= 0.3 is 5.97 Å². The van der Waals surface area contributed by atoms with Crippen LogP contribution in [0.5, 0.6) is 0 Å². The molecule has 5 heteroatoms. The number of amides is 1. The first-order valence-electron chi connectivity index (χ1n) is 5.60. The summed E-state index contributed by atoms with van der Waals surface area (Å²) in [6.45, 7) is 3.80. The SMILES string of the molecule is CCCC(C)(O)CNC(=O)C1CC1C(=O)O. The molecule has 0 aromatic rings. The Bertz CT molecular complexity index is 288. The zero-order valence-electron chi connectivity index (χ0n) is 9.69. The van der Waals surface area contributed by atoms with Crippen molar-refractivity contribution < 1.29 is 19.8 Å². The lowest BCUT2D eigenvalue weighted by molar-refractivity contribution is -0.140. The van der Waals surface area contributed by atoms with Gasteiger partial charge in [-0.05, 0) is 19.8 Å². The van der Waals surface area contributed by atoms with Crippen LogP contribution in [0.1, 0.15) is 33.1 Å². The van der Waals surface area contributed by atoms with Crippen molar-refractivity contribution in [1.29, 1.82) is 0 Å². The van der Waals surface area contributed by atoms with Gasteiger partial charge in [-0.15, -0.1) is 0 Å². The molecule has 0 bridgehead atoms. The first-order chi connectivity index (χ1) is 7.37. The first kappa shape index (κ1) is 13.0. The number of hydrogen-bond acceptors (Lipinski definition) is 3. The maximum Gasteiger partial charge on any atom is 0.307 e. The number of carboxylic acids is 1. The summed E-state index contributed by atoms with van der Waals surface area (Å²) in [5.41, 5.74) is -0.905. The Morgan fingerprint density at radius 1 is 1.44 bits per heavy atom. The minimum Gasteiger partial charge on any atom is -0.481 e. The Labute approximate surface area is 94.8 Å². The highest BCUT2D eigenvalue weighted by Crippen LogP contribution is 2.38. The van der Waals surface area contributed by atoms with E-state index in [0.717, 1.165) is 6.42 Å². The first-order valence-corrected chi connectivity index (χ1v) is 5.60. The van der Waals surface area contributed by atoms with Crippen molar-refractivity contribution >= 4 is 11.9 Å². The van der Waals surface area contributed by atoms with Crippen LogP contribution >= 0.6 is 0 Å². The van der Waals surface area contributed by atoms with Gasteiger partial charge in [0, 0.05) is 6.54 Å². The van der Waals surface area contributed by atoms with Crippen LogP contribution < -0.4 is 5.32 Å². The lowest BCUT2D eigenvalue weighted by atomic mass is 10.0. The third-order valence-corrected chi connectivity index (χ3v) is 2.88. The molecule has 0 spiro atoms. The molecule has 0 aromatic heterocycles. The lowest BCUT2D eigenvalue weighted by Gasteiger charge is -2.22. The molecule has 1 amide bonds. The number of carboxylic acid groups (broad SMARTS) is 1. The summed E-state index contributed by atoms with van der Waals surface area (Å²) >= 11 is 0. The topological polar surface area (TPSA) is 86.6 Å². The fraction of sp³-hybridized carbons (Fsp3) is 0.818. The van der Waals surface area contributed by atoms with E-state index in [9.17, 15) is 14.7 Å². The summed E-state index contributed by atoms with van der Waals surface area (Å²) < 4.78 is 0. The third-order valence-electron chi connectivity index (χ3n) is 2.88. The zero-order chi connectivity index (χ0) is 12.3. The minimum absolute atomic E-state index is 0.183. The zero-order valence-corrected chi connectivity index (χ0v) is 9.69. The van der Waals surface area contributed by atoms with E-state index in [1.807, 2.05) is 6.92 Å². The second-order valence-corrected chi connectivity index (χ2v) is 4.75. The molecule has 16 heavy (non-hydrogen) atoms. The number of rotatable bonds is 6. The van der Waals surface area contributed by atoms with Crippen LogP contribution in [0.25, 0.3) is 0 Å². The van der Waals surface area contributed by atoms with E-state index in [0.29, 0.717) is 12.8 Å². The number of nitrogens with one attached hydrogen (secondary N) is 1. The second-order valence-electron chi connectivity index (χ2n) is 4.75. The van der Waals surface area contributed by atoms with Gasteiger partial charge in [-0.25, -0.2) is 0 Å². The van der Waals surface area contributed by atoms with Gasteiger partial charge in [-0.1, -0.05) is 13.3 Å². The Morgan fingerprint density at radius 3 is 2.50 bits per heavy atom. The maximum absolute atomic E-state index is 11.5. The standard InChI is InChI=1S/C11H19NO4/c1-3-4-11(2,16)6-12-9(13)7-5-8(7)10(14)15/h7-8,16H,3-6H2,1-2H3,(H,12,13)(H,14,15). The Morgan fingerprint density at radius 2 is 2.06 bits per heavy atom. The molecule has 0 aliphatic heterocycles. The van der Waals surface area contributed by atoms with E-state index in [1.165, 1.54) is 0 Å². The van der Waals surface area contributed by atoms with E-state index in [4.69, 9.17) is 5.11 Å². The quantitative estimate of drug-likeness (QED) is 0.614. The number of aliphatic hydroxyl groups is 1. The Kier molecular flexibility index (Phi) is 3.91. The van der Waals surface area contributed by atoms with Gasteiger partial charge in [-0.2, -0.15) is 0 Å².